The minimum absolute atomic E-state index is 0.0717. The van der Waals surface area contributed by atoms with Gasteiger partial charge in [0, 0.05) is 19.3 Å². The van der Waals surface area contributed by atoms with Gasteiger partial charge in [-0.15, -0.1) is 0 Å². The van der Waals surface area contributed by atoms with Crippen LogP contribution in [-0.4, -0.2) is 37.2 Å². The van der Waals surface area contributed by atoms with E-state index in [1.807, 2.05) is 0 Å². The van der Waals surface area contributed by atoms with Crippen LogP contribution in [0.1, 0.15) is 303 Å². The van der Waals surface area contributed by atoms with Gasteiger partial charge < -0.3 is 14.2 Å². The first-order chi connectivity index (χ1) is 31.0. The molecule has 63 heavy (non-hydrogen) atoms. The maximum absolute atomic E-state index is 12.8. The molecule has 0 amide bonds. The number of esters is 3. The third-order valence-electron chi connectivity index (χ3n) is 12.5. The maximum Gasteiger partial charge on any atom is 0.306 e. The highest BCUT2D eigenvalue weighted by molar-refractivity contribution is 5.71. The average Bonchev–Trinajstić information content (AvgIpc) is 3.28. The van der Waals surface area contributed by atoms with Crippen molar-refractivity contribution in [2.45, 2.75) is 309 Å². The van der Waals surface area contributed by atoms with Crippen molar-refractivity contribution in [1.29, 1.82) is 0 Å². The minimum Gasteiger partial charge on any atom is -0.462 e. The molecule has 0 radical (unpaired) electrons. The standard InChI is InChI=1S/C57H106O6/c1-4-7-10-13-16-19-22-25-28-31-34-37-40-43-46-49-55(58)61-52-54(63-57(60)51-48-45-42-39-36-33-30-27-24-21-18-15-12-9-6-3)53-62-56(59)50-47-44-41-38-35-32-29-26-23-20-17-14-11-8-5-2/h18,21,27,30,54H,4-17,19-20,22-26,28-29,31-53H2,1-3H3/b21-18+,30-27+. The van der Waals surface area contributed by atoms with Gasteiger partial charge in [-0.05, 0) is 51.4 Å². The fraction of sp³-hybridized carbons (Fsp3) is 0.877. The lowest BCUT2D eigenvalue weighted by Crippen LogP contribution is -2.30. The quantitative estimate of drug-likeness (QED) is 0.0262. The summed E-state index contributed by atoms with van der Waals surface area (Å²) in [4.78, 5) is 38.1. The van der Waals surface area contributed by atoms with E-state index in [4.69, 9.17) is 14.2 Å². The number of carbonyl (C=O) groups is 3. The van der Waals surface area contributed by atoms with E-state index in [0.717, 1.165) is 77.0 Å². The van der Waals surface area contributed by atoms with E-state index in [2.05, 4.69) is 45.1 Å². The van der Waals surface area contributed by atoms with Gasteiger partial charge in [0.2, 0.25) is 0 Å². The van der Waals surface area contributed by atoms with Gasteiger partial charge in [-0.25, -0.2) is 0 Å². The van der Waals surface area contributed by atoms with E-state index in [-0.39, 0.29) is 31.1 Å². The number of rotatable bonds is 51. The fourth-order valence-corrected chi connectivity index (χ4v) is 8.24. The zero-order chi connectivity index (χ0) is 45.8. The second kappa shape index (κ2) is 52.5. The Hall–Kier alpha value is -2.11. The van der Waals surface area contributed by atoms with Gasteiger partial charge in [0.25, 0.3) is 0 Å². The Labute approximate surface area is 392 Å². The van der Waals surface area contributed by atoms with Gasteiger partial charge >= 0.3 is 17.9 Å². The summed E-state index contributed by atoms with van der Waals surface area (Å²) in [6.07, 6.45) is 60.1. The normalized spacial score (nSPS) is 11.7. The predicted octanol–water partition coefficient (Wildman–Crippen LogP) is 18.3. The number of ether oxygens (including phenoxy) is 3. The zero-order valence-corrected chi connectivity index (χ0v) is 42.4. The molecule has 0 aliphatic heterocycles. The van der Waals surface area contributed by atoms with Gasteiger partial charge in [-0.2, -0.15) is 0 Å². The van der Waals surface area contributed by atoms with Gasteiger partial charge in [0.05, 0.1) is 0 Å². The van der Waals surface area contributed by atoms with Crippen LogP contribution in [0.5, 0.6) is 0 Å². The third kappa shape index (κ3) is 50.7. The van der Waals surface area contributed by atoms with Crippen LogP contribution in [0.4, 0.5) is 0 Å². The molecule has 0 N–H and O–H groups in total. The van der Waals surface area contributed by atoms with Crippen LogP contribution in [0.25, 0.3) is 0 Å². The van der Waals surface area contributed by atoms with Crippen LogP contribution in [-0.2, 0) is 28.6 Å². The van der Waals surface area contributed by atoms with Gasteiger partial charge in [0.1, 0.15) is 13.2 Å². The summed E-state index contributed by atoms with van der Waals surface area (Å²) < 4.78 is 16.8. The highest BCUT2D eigenvalue weighted by atomic mass is 16.6. The Kier molecular flexibility index (Phi) is 50.8. The van der Waals surface area contributed by atoms with Gasteiger partial charge in [-0.3, -0.25) is 14.4 Å². The van der Waals surface area contributed by atoms with Crippen molar-refractivity contribution in [2.24, 2.45) is 0 Å². The molecule has 0 aromatic rings. The molecule has 0 aliphatic carbocycles. The first-order valence-corrected chi connectivity index (χ1v) is 27.8. The monoisotopic (exact) mass is 887 g/mol. The van der Waals surface area contributed by atoms with Crippen LogP contribution in [0, 0.1) is 0 Å². The highest BCUT2D eigenvalue weighted by Gasteiger charge is 2.19. The molecule has 0 aromatic heterocycles. The number of carbonyl (C=O) groups excluding carboxylic acids is 3. The fourth-order valence-electron chi connectivity index (χ4n) is 8.24. The number of hydrogen-bond acceptors (Lipinski definition) is 6. The number of allylic oxidation sites excluding steroid dienone is 4. The Balaban J connectivity index is 4.35. The molecule has 0 aromatic carbocycles. The largest absolute Gasteiger partial charge is 0.462 e. The summed E-state index contributed by atoms with van der Waals surface area (Å²) in [5.41, 5.74) is 0. The van der Waals surface area contributed by atoms with Gasteiger partial charge in [0.15, 0.2) is 6.10 Å². The zero-order valence-electron chi connectivity index (χ0n) is 42.4. The van der Waals surface area contributed by atoms with E-state index in [1.165, 1.54) is 186 Å². The molecule has 0 bridgehead atoms. The molecule has 0 aliphatic rings. The highest BCUT2D eigenvalue weighted by Crippen LogP contribution is 2.17. The van der Waals surface area contributed by atoms with Gasteiger partial charge in [-0.1, -0.05) is 257 Å². The summed E-state index contributed by atoms with van der Waals surface area (Å²) in [6, 6.07) is 0. The molecule has 6 nitrogen and oxygen atoms in total. The molecule has 0 fully saturated rings. The Bertz CT molecular complexity index is 970. The summed E-state index contributed by atoms with van der Waals surface area (Å²) in [7, 11) is 0. The average molecular weight is 887 g/mol. The molecule has 0 spiro atoms. The number of hydrogen-bond donors (Lipinski definition) is 0. The van der Waals surface area contributed by atoms with Crippen LogP contribution < -0.4 is 0 Å². The van der Waals surface area contributed by atoms with E-state index < -0.39 is 6.10 Å². The predicted molar refractivity (Wildman–Crippen MR) is 270 cm³/mol. The van der Waals surface area contributed by atoms with Crippen molar-refractivity contribution in [1.82, 2.24) is 0 Å². The van der Waals surface area contributed by atoms with Crippen molar-refractivity contribution in [3.05, 3.63) is 24.3 Å². The number of unbranched alkanes of at least 4 members (excludes halogenated alkanes) is 36. The SMILES string of the molecule is CCCCC/C=C/C/C=C/CCCCCCCC(=O)OC(COC(=O)CCCCCCCCCCCCCCCCC)COC(=O)CCCCCCCCCCCCCCCCC. The van der Waals surface area contributed by atoms with Crippen LogP contribution in [0.3, 0.4) is 0 Å². The van der Waals surface area contributed by atoms with Crippen LogP contribution in [0.15, 0.2) is 24.3 Å². The van der Waals surface area contributed by atoms with E-state index in [0.29, 0.717) is 19.3 Å². The molecule has 0 unspecified atom stereocenters. The lowest BCUT2D eigenvalue weighted by Gasteiger charge is -2.18. The lowest BCUT2D eigenvalue weighted by molar-refractivity contribution is -0.167. The van der Waals surface area contributed by atoms with Crippen molar-refractivity contribution in [3.8, 4) is 0 Å². The van der Waals surface area contributed by atoms with Crippen molar-refractivity contribution in [3.63, 3.8) is 0 Å². The summed E-state index contributed by atoms with van der Waals surface area (Å²) in [6.45, 7) is 6.65. The van der Waals surface area contributed by atoms with Crippen LogP contribution >= 0.6 is 0 Å². The Morgan fingerprint density at radius 1 is 0.317 bits per heavy atom. The van der Waals surface area contributed by atoms with E-state index in [1.54, 1.807) is 0 Å². The molecular formula is C57H106O6. The molecule has 0 heterocycles. The van der Waals surface area contributed by atoms with Crippen molar-refractivity contribution >= 4 is 17.9 Å². The van der Waals surface area contributed by atoms with Crippen molar-refractivity contribution in [2.75, 3.05) is 13.2 Å². The maximum atomic E-state index is 12.8. The van der Waals surface area contributed by atoms with E-state index >= 15 is 0 Å². The Morgan fingerprint density at radius 2 is 0.571 bits per heavy atom. The molecule has 0 rings (SSSR count). The topological polar surface area (TPSA) is 78.9 Å². The molecule has 0 saturated carbocycles. The van der Waals surface area contributed by atoms with Crippen molar-refractivity contribution < 1.29 is 28.6 Å². The molecule has 0 atom stereocenters. The summed E-state index contributed by atoms with van der Waals surface area (Å²) >= 11 is 0. The molecular weight excluding hydrogens is 781 g/mol. The first kappa shape index (κ1) is 60.9. The molecule has 0 saturated heterocycles. The molecule has 6 heteroatoms. The summed E-state index contributed by atoms with van der Waals surface area (Å²) in [5, 5.41) is 0. The van der Waals surface area contributed by atoms with Crippen LogP contribution in [0.2, 0.25) is 0 Å². The second-order valence-electron chi connectivity index (χ2n) is 18.9. The minimum atomic E-state index is -0.773. The summed E-state index contributed by atoms with van der Waals surface area (Å²) in [5.74, 6) is -0.866. The lowest BCUT2D eigenvalue weighted by atomic mass is 10.0. The molecule has 370 valence electrons. The van der Waals surface area contributed by atoms with E-state index in [9.17, 15) is 14.4 Å². The first-order valence-electron chi connectivity index (χ1n) is 27.8. The Morgan fingerprint density at radius 3 is 0.905 bits per heavy atom. The second-order valence-corrected chi connectivity index (χ2v) is 18.9. The third-order valence-corrected chi connectivity index (χ3v) is 12.5. The smallest absolute Gasteiger partial charge is 0.306 e.